The van der Waals surface area contributed by atoms with E-state index in [1.54, 1.807) is 0 Å². The number of carboxylic acids is 1. The van der Waals surface area contributed by atoms with E-state index < -0.39 is 30.0 Å². The number of aliphatic carboxylic acids is 1. The van der Waals surface area contributed by atoms with Crippen molar-refractivity contribution in [1.29, 1.82) is 0 Å². The van der Waals surface area contributed by atoms with Crippen LogP contribution in [-0.2, 0) is 9.59 Å². The average molecular weight is 275 g/mol. The summed E-state index contributed by atoms with van der Waals surface area (Å²) in [4.78, 5) is 20.5. The Morgan fingerprint density at radius 1 is 1.47 bits per heavy atom. The number of hydrogen-bond acceptors (Lipinski definition) is 4. The molecule has 0 saturated carbocycles. The molecule has 0 bridgehead atoms. The van der Waals surface area contributed by atoms with Crippen LogP contribution in [0.2, 0.25) is 0 Å². The van der Waals surface area contributed by atoms with Crippen LogP contribution < -0.4 is 5.32 Å². The molecule has 3 N–H and O–H groups in total. The van der Waals surface area contributed by atoms with Gasteiger partial charge in [0.25, 0.3) is 0 Å². The van der Waals surface area contributed by atoms with Gasteiger partial charge in [0.2, 0.25) is 6.41 Å². The Morgan fingerprint density at radius 2 is 2.06 bits per heavy atom. The summed E-state index contributed by atoms with van der Waals surface area (Å²) in [5.74, 6) is -1.73. The van der Waals surface area contributed by atoms with Crippen molar-refractivity contribution in [3.63, 3.8) is 0 Å². The molecule has 0 fully saturated rings. The molecule has 9 heteroatoms. The summed E-state index contributed by atoms with van der Waals surface area (Å²) < 4.78 is 35.6. The summed E-state index contributed by atoms with van der Waals surface area (Å²) in [5.41, 5.74) is 0. The van der Waals surface area contributed by atoms with E-state index in [2.05, 4.69) is 0 Å². The van der Waals surface area contributed by atoms with Gasteiger partial charge in [0.1, 0.15) is 6.04 Å². The first-order valence-corrected chi connectivity index (χ1v) is 5.69. The summed E-state index contributed by atoms with van der Waals surface area (Å²) in [6.45, 7) is 0. The number of hydrogen-bond donors (Lipinski definition) is 3. The van der Waals surface area contributed by atoms with Gasteiger partial charge in [0.05, 0.1) is 0 Å². The number of carbonyl (C=O) groups excluding carboxylic acids is 1. The molecular weight excluding hydrogens is 263 g/mol. The highest BCUT2D eigenvalue weighted by Gasteiger charge is 2.37. The Labute approximate surface area is 99.4 Å². The number of aliphatic hydroxyl groups is 1. The van der Waals surface area contributed by atoms with E-state index in [1.165, 1.54) is 0 Å². The molecule has 2 atom stereocenters. The second-order valence-electron chi connectivity index (χ2n) is 3.10. The van der Waals surface area contributed by atoms with Crippen LogP contribution in [0.1, 0.15) is 6.42 Å². The van der Waals surface area contributed by atoms with E-state index in [0.29, 0.717) is 0 Å². The monoisotopic (exact) mass is 275 g/mol. The van der Waals surface area contributed by atoms with Crippen molar-refractivity contribution in [2.45, 2.75) is 24.7 Å². The van der Waals surface area contributed by atoms with Gasteiger partial charge in [-0.25, -0.2) is 4.79 Å². The molecule has 5 nitrogen and oxygen atoms in total. The maximum Gasteiger partial charge on any atom is 0.415 e. The fourth-order valence-corrected chi connectivity index (χ4v) is 1.83. The van der Waals surface area contributed by atoms with Crippen molar-refractivity contribution in [2.75, 3.05) is 11.5 Å². The molecule has 100 valence electrons. The van der Waals surface area contributed by atoms with E-state index in [4.69, 9.17) is 10.2 Å². The largest absolute Gasteiger partial charge is 0.480 e. The highest BCUT2D eigenvalue weighted by molar-refractivity contribution is 7.99. The number of aliphatic hydroxyl groups excluding tert-OH is 1. The number of halogens is 3. The molecule has 0 spiro atoms. The minimum Gasteiger partial charge on any atom is -0.480 e. The second kappa shape index (κ2) is 7.38. The van der Waals surface area contributed by atoms with Gasteiger partial charge in [-0.3, -0.25) is 4.79 Å². The van der Waals surface area contributed by atoms with Crippen molar-refractivity contribution in [3.05, 3.63) is 0 Å². The Bertz CT molecular complexity index is 262. The lowest BCUT2D eigenvalue weighted by molar-refractivity contribution is -0.195. The fourth-order valence-electron chi connectivity index (χ4n) is 0.851. The van der Waals surface area contributed by atoms with Crippen LogP contribution in [0.3, 0.4) is 0 Å². The van der Waals surface area contributed by atoms with Gasteiger partial charge in [-0.05, 0) is 12.2 Å². The van der Waals surface area contributed by atoms with Gasteiger partial charge in [0.15, 0.2) is 6.10 Å². The zero-order valence-corrected chi connectivity index (χ0v) is 9.42. The number of carbonyl (C=O) groups is 2. The molecule has 0 aromatic rings. The van der Waals surface area contributed by atoms with Gasteiger partial charge < -0.3 is 15.5 Å². The molecule has 2 unspecified atom stereocenters. The van der Waals surface area contributed by atoms with Crippen molar-refractivity contribution in [2.24, 2.45) is 0 Å². The van der Waals surface area contributed by atoms with E-state index in [1.807, 2.05) is 5.32 Å². The number of thioether (sulfide) groups is 1. The first kappa shape index (κ1) is 16.0. The number of alkyl halides is 3. The van der Waals surface area contributed by atoms with Crippen LogP contribution >= 0.6 is 11.8 Å². The summed E-state index contributed by atoms with van der Waals surface area (Å²) in [7, 11) is 0. The average Bonchev–Trinajstić information content (AvgIpc) is 2.20. The summed E-state index contributed by atoms with van der Waals surface area (Å²) in [5, 5.41) is 19.2. The van der Waals surface area contributed by atoms with Gasteiger partial charge in [-0.15, -0.1) is 0 Å². The molecule has 0 aliphatic heterocycles. The molecule has 0 heterocycles. The highest BCUT2D eigenvalue weighted by atomic mass is 32.2. The standard InChI is InChI=1S/C8H12F3NO4S/c9-8(10,11)6(14)3-17-2-1-5(7(15)16)12-4-13/h4-6,14H,1-3H2,(H,12,13)(H,15,16). The number of carboxylic acid groups (broad SMARTS) is 1. The summed E-state index contributed by atoms with van der Waals surface area (Å²) >= 11 is 0.771. The van der Waals surface area contributed by atoms with E-state index >= 15 is 0 Å². The van der Waals surface area contributed by atoms with Gasteiger partial charge >= 0.3 is 12.1 Å². The fraction of sp³-hybridized carbons (Fsp3) is 0.750. The van der Waals surface area contributed by atoms with Gasteiger partial charge in [-0.2, -0.15) is 24.9 Å². The lowest BCUT2D eigenvalue weighted by atomic mass is 10.2. The molecule has 0 saturated heterocycles. The van der Waals surface area contributed by atoms with Crippen LogP contribution in [0, 0.1) is 0 Å². The number of amides is 1. The number of nitrogens with one attached hydrogen (secondary N) is 1. The Hall–Kier alpha value is -0.960. The van der Waals surface area contributed by atoms with E-state index in [0.717, 1.165) is 11.8 Å². The van der Waals surface area contributed by atoms with Crippen molar-refractivity contribution >= 4 is 24.1 Å². The van der Waals surface area contributed by atoms with E-state index in [-0.39, 0.29) is 18.6 Å². The second-order valence-corrected chi connectivity index (χ2v) is 4.25. The third kappa shape index (κ3) is 7.05. The first-order chi connectivity index (χ1) is 7.79. The maximum atomic E-state index is 11.9. The van der Waals surface area contributed by atoms with Crippen LogP contribution in [0.25, 0.3) is 0 Å². The lowest BCUT2D eigenvalue weighted by Crippen LogP contribution is -2.36. The van der Waals surface area contributed by atoms with Crippen molar-refractivity contribution < 1.29 is 33.0 Å². The molecule has 0 aromatic heterocycles. The summed E-state index contributed by atoms with van der Waals surface area (Å²) in [6.07, 6.45) is -6.88. The minimum atomic E-state index is -4.67. The molecular formula is C8H12F3NO4S. The van der Waals surface area contributed by atoms with Crippen LogP contribution in [0.15, 0.2) is 0 Å². The lowest BCUT2D eigenvalue weighted by Gasteiger charge is -2.14. The summed E-state index contributed by atoms with van der Waals surface area (Å²) in [6, 6.07) is -1.12. The molecule has 0 aliphatic carbocycles. The third-order valence-corrected chi connectivity index (χ3v) is 2.85. The highest BCUT2D eigenvalue weighted by Crippen LogP contribution is 2.23. The Kier molecular flexibility index (Phi) is 6.97. The predicted octanol–water partition coefficient (Wildman–Crippen LogP) is 0.232. The van der Waals surface area contributed by atoms with Crippen LogP contribution in [0.5, 0.6) is 0 Å². The van der Waals surface area contributed by atoms with Gasteiger partial charge in [0, 0.05) is 5.75 Å². The minimum absolute atomic E-state index is 0.0106. The molecule has 0 aromatic carbocycles. The molecule has 0 aliphatic rings. The van der Waals surface area contributed by atoms with Crippen LogP contribution in [-0.4, -0.2) is 52.4 Å². The topological polar surface area (TPSA) is 86.6 Å². The van der Waals surface area contributed by atoms with Crippen LogP contribution in [0.4, 0.5) is 13.2 Å². The number of rotatable bonds is 8. The quantitative estimate of drug-likeness (QED) is 0.436. The van der Waals surface area contributed by atoms with Crippen molar-refractivity contribution in [3.8, 4) is 0 Å². The normalized spacial score (nSPS) is 15.1. The molecule has 0 radical (unpaired) electrons. The van der Waals surface area contributed by atoms with Crippen molar-refractivity contribution in [1.82, 2.24) is 5.32 Å². The SMILES string of the molecule is O=CNC(CCSCC(O)C(F)(F)F)C(=O)O. The predicted molar refractivity (Wildman–Crippen MR) is 54.6 cm³/mol. The Balaban J connectivity index is 3.83. The third-order valence-electron chi connectivity index (χ3n) is 1.77. The zero-order valence-electron chi connectivity index (χ0n) is 8.61. The molecule has 17 heavy (non-hydrogen) atoms. The van der Waals surface area contributed by atoms with E-state index in [9.17, 15) is 22.8 Å². The molecule has 0 rings (SSSR count). The maximum absolute atomic E-state index is 11.9. The van der Waals surface area contributed by atoms with Gasteiger partial charge in [-0.1, -0.05) is 0 Å². The smallest absolute Gasteiger partial charge is 0.415 e. The first-order valence-electron chi connectivity index (χ1n) is 4.54. The Morgan fingerprint density at radius 3 is 2.47 bits per heavy atom. The molecule has 1 amide bonds. The zero-order chi connectivity index (χ0) is 13.5.